The minimum Gasteiger partial charge on any atom is -0.478 e. The van der Waals surface area contributed by atoms with Crippen LogP contribution in [0.1, 0.15) is 11.1 Å². The summed E-state index contributed by atoms with van der Waals surface area (Å²) >= 11 is 0. The van der Waals surface area contributed by atoms with Crippen LogP contribution in [0.2, 0.25) is 0 Å². The lowest BCUT2D eigenvalue weighted by atomic mass is 10.1. The Hall–Kier alpha value is -2.29. The van der Waals surface area contributed by atoms with Crippen molar-refractivity contribution in [3.05, 3.63) is 65.7 Å². The molecule has 0 aliphatic heterocycles. The molecule has 0 aliphatic rings. The first-order valence-corrected chi connectivity index (χ1v) is 6.16. The molecule has 0 aliphatic carbocycles. The first-order valence-electron chi connectivity index (χ1n) is 6.16. The second-order valence-electron chi connectivity index (χ2n) is 4.40. The quantitative estimate of drug-likeness (QED) is 0.894. The average molecular weight is 256 g/mol. The van der Waals surface area contributed by atoms with Gasteiger partial charge in [-0.2, -0.15) is 0 Å². The molecule has 0 spiro atoms. The van der Waals surface area contributed by atoms with Crippen LogP contribution in [0.3, 0.4) is 0 Å². The fourth-order valence-corrected chi connectivity index (χ4v) is 1.85. The summed E-state index contributed by atoms with van der Waals surface area (Å²) in [6, 6.07) is 16.9. The highest BCUT2D eigenvalue weighted by atomic mass is 16.5. The van der Waals surface area contributed by atoms with Gasteiger partial charge < -0.3 is 9.84 Å². The maximum absolute atomic E-state index is 11.3. The zero-order valence-electron chi connectivity index (χ0n) is 10.7. The predicted molar refractivity (Wildman–Crippen MR) is 73.4 cm³/mol. The fraction of sp³-hybridized carbons (Fsp3) is 0.188. The Morgan fingerprint density at radius 1 is 1.11 bits per heavy atom. The first-order chi connectivity index (χ1) is 9.16. The Balaban J connectivity index is 2.13. The second-order valence-corrected chi connectivity index (χ2v) is 4.40. The van der Waals surface area contributed by atoms with Gasteiger partial charge in [0.05, 0.1) is 0 Å². The van der Waals surface area contributed by atoms with Crippen LogP contribution in [-0.2, 0) is 11.2 Å². The summed E-state index contributed by atoms with van der Waals surface area (Å²) in [6.07, 6.45) is -0.520. The second kappa shape index (κ2) is 6.05. The molecule has 0 saturated heterocycles. The Labute approximate surface area is 112 Å². The van der Waals surface area contributed by atoms with Gasteiger partial charge in [0.2, 0.25) is 0 Å². The largest absolute Gasteiger partial charge is 0.478 e. The highest BCUT2D eigenvalue weighted by Crippen LogP contribution is 2.19. The molecule has 0 bridgehead atoms. The van der Waals surface area contributed by atoms with Crippen LogP contribution in [0.15, 0.2) is 54.6 Å². The predicted octanol–water partition coefficient (Wildman–Crippen LogP) is 3.07. The molecule has 3 heteroatoms. The molecule has 0 aromatic heterocycles. The number of aryl methyl sites for hydroxylation is 1. The van der Waals surface area contributed by atoms with Crippen molar-refractivity contribution in [2.24, 2.45) is 0 Å². The molecule has 0 saturated carbocycles. The Bertz CT molecular complexity index is 549. The summed E-state index contributed by atoms with van der Waals surface area (Å²) in [6.45, 7) is 1.90. The average Bonchev–Trinajstić information content (AvgIpc) is 2.41. The summed E-state index contributed by atoms with van der Waals surface area (Å²) in [7, 11) is 0. The van der Waals surface area contributed by atoms with E-state index in [1.807, 2.05) is 55.5 Å². The van der Waals surface area contributed by atoms with E-state index in [2.05, 4.69) is 0 Å². The van der Waals surface area contributed by atoms with E-state index in [0.29, 0.717) is 12.2 Å². The van der Waals surface area contributed by atoms with Crippen molar-refractivity contribution in [2.75, 3.05) is 0 Å². The number of carboxylic acids is 1. The monoisotopic (exact) mass is 256 g/mol. The lowest BCUT2D eigenvalue weighted by Crippen LogP contribution is -2.29. The van der Waals surface area contributed by atoms with Gasteiger partial charge in [0.15, 0.2) is 6.10 Å². The number of benzene rings is 2. The van der Waals surface area contributed by atoms with Crippen LogP contribution in [0.25, 0.3) is 0 Å². The lowest BCUT2D eigenvalue weighted by molar-refractivity contribution is -0.145. The van der Waals surface area contributed by atoms with Gasteiger partial charge in [-0.05, 0) is 24.1 Å². The van der Waals surface area contributed by atoms with Gasteiger partial charge in [0.25, 0.3) is 0 Å². The number of aliphatic carboxylic acids is 1. The molecule has 1 unspecified atom stereocenters. The SMILES string of the molecule is Cc1ccccc1OC(Cc1ccccc1)C(=O)O. The molecule has 2 aromatic rings. The van der Waals surface area contributed by atoms with Crippen LogP contribution in [-0.4, -0.2) is 17.2 Å². The van der Waals surface area contributed by atoms with Gasteiger partial charge in [-0.1, -0.05) is 48.5 Å². The molecule has 0 heterocycles. The molecule has 1 N–H and O–H groups in total. The Kier molecular flexibility index (Phi) is 4.18. The summed E-state index contributed by atoms with van der Waals surface area (Å²) in [5.74, 6) is -0.335. The van der Waals surface area contributed by atoms with E-state index in [1.54, 1.807) is 6.07 Å². The Morgan fingerprint density at radius 2 is 1.74 bits per heavy atom. The van der Waals surface area contributed by atoms with Crippen molar-refractivity contribution >= 4 is 5.97 Å². The van der Waals surface area contributed by atoms with E-state index in [4.69, 9.17) is 4.74 Å². The van der Waals surface area contributed by atoms with Crippen molar-refractivity contribution in [3.8, 4) is 5.75 Å². The summed E-state index contributed by atoms with van der Waals surface area (Å²) in [5, 5.41) is 9.26. The van der Waals surface area contributed by atoms with E-state index in [1.165, 1.54) is 0 Å². The molecule has 1 atom stereocenters. The molecule has 2 rings (SSSR count). The van der Waals surface area contributed by atoms with Crippen LogP contribution in [0, 0.1) is 6.92 Å². The van der Waals surface area contributed by atoms with Gasteiger partial charge in [-0.15, -0.1) is 0 Å². The van der Waals surface area contributed by atoms with Gasteiger partial charge >= 0.3 is 5.97 Å². The van der Waals surface area contributed by atoms with Crippen molar-refractivity contribution in [1.82, 2.24) is 0 Å². The third kappa shape index (κ3) is 3.58. The van der Waals surface area contributed by atoms with E-state index in [9.17, 15) is 9.90 Å². The van der Waals surface area contributed by atoms with E-state index in [-0.39, 0.29) is 0 Å². The number of hydrogen-bond donors (Lipinski definition) is 1. The molecule has 98 valence electrons. The molecule has 0 fully saturated rings. The van der Waals surface area contributed by atoms with E-state index >= 15 is 0 Å². The minimum atomic E-state index is -0.952. The van der Waals surface area contributed by atoms with Gasteiger partial charge in [-0.25, -0.2) is 4.79 Å². The Morgan fingerprint density at radius 3 is 2.37 bits per heavy atom. The molecule has 3 nitrogen and oxygen atoms in total. The maximum atomic E-state index is 11.3. The fourth-order valence-electron chi connectivity index (χ4n) is 1.85. The van der Waals surface area contributed by atoms with Crippen molar-refractivity contribution in [2.45, 2.75) is 19.4 Å². The number of hydrogen-bond acceptors (Lipinski definition) is 2. The normalized spacial score (nSPS) is 11.8. The summed E-state index contributed by atoms with van der Waals surface area (Å²) < 4.78 is 5.61. The number of ether oxygens (including phenoxy) is 1. The van der Waals surface area contributed by atoms with Crippen molar-refractivity contribution in [3.63, 3.8) is 0 Å². The lowest BCUT2D eigenvalue weighted by Gasteiger charge is -2.16. The third-order valence-electron chi connectivity index (χ3n) is 2.90. The molecular weight excluding hydrogens is 240 g/mol. The maximum Gasteiger partial charge on any atom is 0.345 e. The van der Waals surface area contributed by atoms with E-state index in [0.717, 1.165) is 11.1 Å². The van der Waals surface area contributed by atoms with Crippen molar-refractivity contribution < 1.29 is 14.6 Å². The molecule has 0 amide bonds. The highest BCUT2D eigenvalue weighted by Gasteiger charge is 2.20. The zero-order chi connectivity index (χ0) is 13.7. The van der Waals surface area contributed by atoms with Crippen LogP contribution in [0.5, 0.6) is 5.75 Å². The third-order valence-corrected chi connectivity index (χ3v) is 2.90. The molecular formula is C16H16O3. The minimum absolute atomic E-state index is 0.352. The topological polar surface area (TPSA) is 46.5 Å². The first kappa shape index (κ1) is 13.1. The number of carbonyl (C=O) groups is 1. The standard InChI is InChI=1S/C16H16O3/c1-12-7-5-6-10-14(12)19-15(16(17)18)11-13-8-3-2-4-9-13/h2-10,15H,11H2,1H3,(H,17,18). The summed E-state index contributed by atoms with van der Waals surface area (Å²) in [5.41, 5.74) is 1.88. The number of carboxylic acid groups (broad SMARTS) is 1. The van der Waals surface area contributed by atoms with Gasteiger partial charge in [0, 0.05) is 6.42 Å². The zero-order valence-corrected chi connectivity index (χ0v) is 10.7. The molecule has 2 aromatic carbocycles. The molecule has 19 heavy (non-hydrogen) atoms. The van der Waals surface area contributed by atoms with Crippen LogP contribution in [0.4, 0.5) is 0 Å². The number of rotatable bonds is 5. The van der Waals surface area contributed by atoms with Gasteiger partial charge in [-0.3, -0.25) is 0 Å². The number of para-hydroxylation sites is 1. The molecule has 0 radical (unpaired) electrons. The van der Waals surface area contributed by atoms with Crippen LogP contribution < -0.4 is 4.74 Å². The van der Waals surface area contributed by atoms with Gasteiger partial charge in [0.1, 0.15) is 5.75 Å². The van der Waals surface area contributed by atoms with Crippen LogP contribution >= 0.6 is 0 Å². The summed E-state index contributed by atoms with van der Waals surface area (Å²) in [4.78, 5) is 11.3. The van der Waals surface area contributed by atoms with Crippen molar-refractivity contribution in [1.29, 1.82) is 0 Å². The smallest absolute Gasteiger partial charge is 0.345 e. The highest BCUT2D eigenvalue weighted by molar-refractivity contribution is 5.73. The van der Waals surface area contributed by atoms with E-state index < -0.39 is 12.1 Å².